The number of nitrogens with one attached hydrogen (secondary N) is 1. The fourth-order valence-electron chi connectivity index (χ4n) is 3.54. The fraction of sp³-hybridized carbons (Fsp3) is 0.636. The van der Waals surface area contributed by atoms with Crippen LogP contribution in [0.15, 0.2) is 18.2 Å². The summed E-state index contributed by atoms with van der Waals surface area (Å²) in [5, 5.41) is 2.71. The largest absolute Gasteiger partial charge is 0.416 e. The first-order valence-electron chi connectivity index (χ1n) is 10.4. The van der Waals surface area contributed by atoms with Crippen LogP contribution in [0.5, 0.6) is 0 Å². The summed E-state index contributed by atoms with van der Waals surface area (Å²) in [6.07, 6.45) is -1.75. The minimum absolute atomic E-state index is 0.00509. The van der Waals surface area contributed by atoms with Crippen molar-refractivity contribution in [3.63, 3.8) is 0 Å². The molecule has 2 unspecified atom stereocenters. The summed E-state index contributed by atoms with van der Waals surface area (Å²) in [5.41, 5.74) is 0.173. The molecule has 162 valence electrons. The van der Waals surface area contributed by atoms with Crippen LogP contribution in [-0.2, 0) is 15.8 Å². The van der Waals surface area contributed by atoms with Gasteiger partial charge in [-0.15, -0.1) is 0 Å². The number of alkyl halides is 3. The number of carbonyl (C=O) groups is 2. The van der Waals surface area contributed by atoms with Crippen LogP contribution < -0.4 is 5.32 Å². The normalized spacial score (nSPS) is 17.7. The molecule has 0 aromatic heterocycles. The van der Waals surface area contributed by atoms with Gasteiger partial charge in [0.1, 0.15) is 0 Å². The van der Waals surface area contributed by atoms with Gasteiger partial charge in [-0.05, 0) is 49.3 Å². The Kier molecular flexibility index (Phi) is 7.72. The molecule has 1 N–H and O–H groups in total. The first-order chi connectivity index (χ1) is 13.6. The lowest BCUT2D eigenvalue weighted by Gasteiger charge is -2.34. The van der Waals surface area contributed by atoms with E-state index < -0.39 is 11.7 Å². The number of benzene rings is 1. The van der Waals surface area contributed by atoms with E-state index in [1.165, 1.54) is 6.07 Å². The van der Waals surface area contributed by atoms with Gasteiger partial charge < -0.3 is 10.2 Å². The zero-order valence-electron chi connectivity index (χ0n) is 17.6. The molecule has 1 saturated heterocycles. The lowest BCUT2D eigenvalue weighted by atomic mass is 9.87. The van der Waals surface area contributed by atoms with Crippen molar-refractivity contribution in [2.24, 2.45) is 11.8 Å². The van der Waals surface area contributed by atoms with Crippen molar-refractivity contribution in [2.75, 3.05) is 18.4 Å². The Morgan fingerprint density at radius 1 is 1.10 bits per heavy atom. The molecule has 4 nitrogen and oxygen atoms in total. The Labute approximate surface area is 170 Å². The second kappa shape index (κ2) is 9.63. The van der Waals surface area contributed by atoms with E-state index in [4.69, 9.17) is 0 Å². The highest BCUT2D eigenvalue weighted by Crippen LogP contribution is 2.38. The molecule has 2 rings (SSSR count). The third kappa shape index (κ3) is 5.73. The van der Waals surface area contributed by atoms with Crippen molar-refractivity contribution in [2.45, 2.75) is 65.5 Å². The summed E-state index contributed by atoms with van der Waals surface area (Å²) < 4.78 is 39.6. The number of halogens is 3. The van der Waals surface area contributed by atoms with Crippen molar-refractivity contribution in [1.29, 1.82) is 0 Å². The molecule has 0 aliphatic carbocycles. The SMILES string of the molecule is CCC(C)C(=O)Nc1cc(C(F)(F)F)ccc1C1CCN(C(=O)C(C)CC)CC1. The third-order valence-corrected chi connectivity index (χ3v) is 5.98. The number of hydrogen-bond acceptors (Lipinski definition) is 2. The minimum atomic E-state index is -4.47. The van der Waals surface area contributed by atoms with Gasteiger partial charge in [0.05, 0.1) is 5.56 Å². The van der Waals surface area contributed by atoms with Crippen molar-refractivity contribution in [3.05, 3.63) is 29.3 Å². The molecular weight excluding hydrogens is 381 g/mol. The van der Waals surface area contributed by atoms with E-state index in [9.17, 15) is 22.8 Å². The zero-order valence-corrected chi connectivity index (χ0v) is 17.6. The second-order valence-electron chi connectivity index (χ2n) is 8.01. The molecule has 1 aromatic rings. The fourth-order valence-corrected chi connectivity index (χ4v) is 3.54. The molecule has 1 fully saturated rings. The Bertz CT molecular complexity index is 725. The van der Waals surface area contributed by atoms with Crippen molar-refractivity contribution < 1.29 is 22.8 Å². The summed E-state index contributed by atoms with van der Waals surface area (Å²) >= 11 is 0. The molecule has 1 aliphatic rings. The molecule has 1 aliphatic heterocycles. The number of amides is 2. The van der Waals surface area contributed by atoms with E-state index in [-0.39, 0.29) is 35.3 Å². The maximum absolute atomic E-state index is 13.2. The highest BCUT2D eigenvalue weighted by atomic mass is 19.4. The van der Waals surface area contributed by atoms with E-state index >= 15 is 0 Å². The minimum Gasteiger partial charge on any atom is -0.342 e. The van der Waals surface area contributed by atoms with E-state index in [1.54, 1.807) is 6.92 Å². The molecule has 0 spiro atoms. The van der Waals surface area contributed by atoms with Crippen LogP contribution in [0.3, 0.4) is 0 Å². The second-order valence-corrected chi connectivity index (χ2v) is 8.01. The first kappa shape index (κ1) is 23.2. The molecule has 1 aromatic carbocycles. The highest BCUT2D eigenvalue weighted by molar-refractivity contribution is 5.93. The van der Waals surface area contributed by atoms with Gasteiger partial charge in [0.2, 0.25) is 11.8 Å². The quantitative estimate of drug-likeness (QED) is 0.676. The van der Waals surface area contributed by atoms with E-state index in [0.29, 0.717) is 37.9 Å². The summed E-state index contributed by atoms with van der Waals surface area (Å²) in [5.74, 6) is -0.456. The van der Waals surface area contributed by atoms with Gasteiger partial charge in [-0.3, -0.25) is 9.59 Å². The van der Waals surface area contributed by atoms with Crippen LogP contribution >= 0.6 is 0 Å². The maximum atomic E-state index is 13.2. The summed E-state index contributed by atoms with van der Waals surface area (Å²) in [6, 6.07) is 3.59. The lowest BCUT2D eigenvalue weighted by molar-refractivity contribution is -0.138. The predicted molar refractivity (Wildman–Crippen MR) is 108 cm³/mol. The molecule has 0 radical (unpaired) electrons. The Balaban J connectivity index is 2.23. The average Bonchev–Trinajstić information content (AvgIpc) is 2.71. The van der Waals surface area contributed by atoms with Gasteiger partial charge in [0.15, 0.2) is 0 Å². The predicted octanol–water partition coefficient (Wildman–Crippen LogP) is 5.44. The molecular formula is C22H31F3N2O2. The molecule has 0 saturated carbocycles. The zero-order chi connectivity index (χ0) is 21.8. The summed E-state index contributed by atoms with van der Waals surface area (Å²) in [6.45, 7) is 8.65. The number of carbonyl (C=O) groups excluding carboxylic acids is 2. The van der Waals surface area contributed by atoms with Gasteiger partial charge in [0, 0.05) is 30.6 Å². The maximum Gasteiger partial charge on any atom is 0.416 e. The Morgan fingerprint density at radius 2 is 1.69 bits per heavy atom. The van der Waals surface area contributed by atoms with Crippen LogP contribution in [0.1, 0.15) is 70.4 Å². The van der Waals surface area contributed by atoms with E-state index in [1.807, 2.05) is 25.7 Å². The number of hydrogen-bond donors (Lipinski definition) is 1. The number of nitrogens with zero attached hydrogens (tertiary/aromatic N) is 1. The Morgan fingerprint density at radius 3 is 2.21 bits per heavy atom. The van der Waals surface area contributed by atoms with Gasteiger partial charge in [-0.1, -0.05) is 33.8 Å². The third-order valence-electron chi connectivity index (χ3n) is 5.98. The Hall–Kier alpha value is -2.05. The topological polar surface area (TPSA) is 49.4 Å². The number of piperidine rings is 1. The van der Waals surface area contributed by atoms with Crippen LogP contribution in [0.2, 0.25) is 0 Å². The van der Waals surface area contributed by atoms with Crippen molar-refractivity contribution in [3.8, 4) is 0 Å². The monoisotopic (exact) mass is 412 g/mol. The number of rotatable bonds is 6. The lowest BCUT2D eigenvalue weighted by Crippen LogP contribution is -2.40. The van der Waals surface area contributed by atoms with E-state index in [0.717, 1.165) is 18.6 Å². The smallest absolute Gasteiger partial charge is 0.342 e. The molecule has 1 heterocycles. The molecule has 7 heteroatoms. The number of anilines is 1. The van der Waals surface area contributed by atoms with Crippen LogP contribution in [0, 0.1) is 11.8 Å². The molecule has 0 bridgehead atoms. The van der Waals surface area contributed by atoms with Gasteiger partial charge in [-0.2, -0.15) is 13.2 Å². The van der Waals surface area contributed by atoms with Crippen LogP contribution in [0.4, 0.5) is 18.9 Å². The molecule has 29 heavy (non-hydrogen) atoms. The van der Waals surface area contributed by atoms with Crippen molar-refractivity contribution in [1.82, 2.24) is 4.90 Å². The van der Waals surface area contributed by atoms with Gasteiger partial charge in [0.25, 0.3) is 0 Å². The van der Waals surface area contributed by atoms with Gasteiger partial charge >= 0.3 is 6.18 Å². The average molecular weight is 412 g/mol. The summed E-state index contributed by atoms with van der Waals surface area (Å²) in [7, 11) is 0. The van der Waals surface area contributed by atoms with Crippen LogP contribution in [0.25, 0.3) is 0 Å². The van der Waals surface area contributed by atoms with Crippen molar-refractivity contribution >= 4 is 17.5 Å². The van der Waals surface area contributed by atoms with Crippen LogP contribution in [-0.4, -0.2) is 29.8 Å². The first-order valence-corrected chi connectivity index (χ1v) is 10.4. The summed E-state index contributed by atoms with van der Waals surface area (Å²) in [4.78, 5) is 26.6. The highest BCUT2D eigenvalue weighted by Gasteiger charge is 2.33. The molecule has 2 atom stereocenters. The standard InChI is InChI=1S/C22H31F3N2O2/c1-5-14(3)20(28)26-19-13-17(22(23,24)25)7-8-18(19)16-9-11-27(12-10-16)21(29)15(4)6-2/h7-8,13-16H,5-6,9-12H2,1-4H3,(H,26,28). The molecule has 2 amide bonds. The van der Waals surface area contributed by atoms with Gasteiger partial charge in [-0.25, -0.2) is 0 Å². The number of likely N-dealkylation sites (tertiary alicyclic amines) is 1. The van der Waals surface area contributed by atoms with E-state index in [2.05, 4.69) is 5.32 Å².